The summed E-state index contributed by atoms with van der Waals surface area (Å²) < 4.78 is 31.6. The van der Waals surface area contributed by atoms with Gasteiger partial charge in [0.2, 0.25) is 11.9 Å². The minimum absolute atomic E-state index is 0.0902. The van der Waals surface area contributed by atoms with Crippen LogP contribution in [0.1, 0.15) is 50.6 Å². The summed E-state index contributed by atoms with van der Waals surface area (Å²) in [5.41, 5.74) is 12.2. The fraction of sp³-hybridized carbons (Fsp3) is 0.588. The molecule has 4 aliphatic carbocycles. The van der Waals surface area contributed by atoms with E-state index in [9.17, 15) is 13.9 Å². The molecule has 4 aromatic rings. The first-order chi connectivity index (χ1) is 24.6. The first-order valence-corrected chi connectivity index (χ1v) is 18.0. The van der Waals surface area contributed by atoms with Gasteiger partial charge < -0.3 is 41.0 Å². The van der Waals surface area contributed by atoms with Crippen LogP contribution in [0.3, 0.4) is 0 Å². The van der Waals surface area contributed by atoms with Crippen LogP contribution in [0.5, 0.6) is 0 Å². The smallest absolute Gasteiger partial charge is 0.224 e. The van der Waals surface area contributed by atoms with Crippen LogP contribution in [-0.4, -0.2) is 100.0 Å². The van der Waals surface area contributed by atoms with Gasteiger partial charge in [-0.2, -0.15) is 19.9 Å². The maximum absolute atomic E-state index is 14.7. The Hall–Kier alpha value is -3.99. The predicted molar refractivity (Wildman–Crippen MR) is 189 cm³/mol. The normalized spacial score (nSPS) is 27.1. The van der Waals surface area contributed by atoms with E-state index >= 15 is 0 Å². The number of nitrogen functional groups attached to an aromatic ring is 2. The lowest BCUT2D eigenvalue weighted by Crippen LogP contribution is -2.60. The minimum atomic E-state index is -1.09. The number of aliphatic hydroxyl groups excluding tert-OH is 2. The molecule has 6 aliphatic rings. The molecular weight excluding hydrogens is 682 g/mol. The van der Waals surface area contributed by atoms with Crippen LogP contribution in [0.4, 0.5) is 26.5 Å². The van der Waals surface area contributed by atoms with Gasteiger partial charge >= 0.3 is 0 Å². The molecule has 2 aliphatic heterocycles. The summed E-state index contributed by atoms with van der Waals surface area (Å²) in [6, 6.07) is 0.213. The molecule has 0 radical (unpaired) electrons. The van der Waals surface area contributed by atoms with E-state index in [1.807, 2.05) is 32.3 Å². The second-order valence-corrected chi connectivity index (χ2v) is 15.1. The van der Waals surface area contributed by atoms with Gasteiger partial charge in [0.1, 0.15) is 16.9 Å². The third-order valence-electron chi connectivity index (χ3n) is 11.0. The number of hydrogen-bond donors (Lipinski definition) is 5. The van der Waals surface area contributed by atoms with Gasteiger partial charge in [-0.15, -0.1) is 0 Å². The van der Waals surface area contributed by atoms with E-state index in [0.717, 1.165) is 38.5 Å². The van der Waals surface area contributed by atoms with Crippen molar-refractivity contribution in [3.8, 4) is 0 Å². The highest BCUT2D eigenvalue weighted by Crippen LogP contribution is 2.49. The molecule has 6 heterocycles. The highest BCUT2D eigenvalue weighted by atomic mass is 35.5. The maximum atomic E-state index is 14.7. The third-order valence-corrected chi connectivity index (χ3v) is 11.2. The minimum Gasteiger partial charge on any atom is -0.396 e. The van der Waals surface area contributed by atoms with E-state index in [1.165, 1.54) is 0 Å². The second-order valence-electron chi connectivity index (χ2n) is 14.8. The Morgan fingerprint density at radius 3 is 1.73 bits per heavy atom. The van der Waals surface area contributed by atoms with Crippen LogP contribution in [0.25, 0.3) is 22.3 Å². The standard InChI is InChI=1S/C17H21FN6O.C11H12ClN5O.C6H10FN/c18-17(11-2-3-11)7-23(8-17)14-13-15(22-16(19)21-14)24(9-20-13)12-4-1-10(5-12)6-25;12-9-8-10(16-11(13)15-9)17(5-14-8)7-2-1-6(3-7)4-18;7-6(3-8-4-6)5-1-2-5/h1,4,9-12,25H,2-3,5-8H2,(H2,19,21,22);1-2,5-7,18H,3-4H2,(H2,13,15,16);5,8H,1-4H2/t10-,12+;6-,7+;/m11./s1. The molecule has 4 aromatic heterocycles. The van der Waals surface area contributed by atoms with Crippen LogP contribution < -0.4 is 21.7 Å². The topological polar surface area (TPSA) is 195 Å². The van der Waals surface area contributed by atoms with Crippen molar-refractivity contribution in [1.82, 2.24) is 44.4 Å². The molecule has 14 nitrogen and oxygen atoms in total. The van der Waals surface area contributed by atoms with Gasteiger partial charge in [0.15, 0.2) is 27.8 Å². The van der Waals surface area contributed by atoms with E-state index in [2.05, 4.69) is 41.3 Å². The average Bonchev–Trinajstić information content (AvgIpc) is 3.91. The van der Waals surface area contributed by atoms with Gasteiger partial charge in [-0.25, -0.2) is 18.7 Å². The van der Waals surface area contributed by atoms with Crippen molar-refractivity contribution >= 4 is 51.6 Å². The lowest BCUT2D eigenvalue weighted by molar-refractivity contribution is 0.0655. The number of nitrogens with zero attached hydrogens (tertiary/aromatic N) is 9. The van der Waals surface area contributed by atoms with Gasteiger partial charge in [-0.1, -0.05) is 35.9 Å². The van der Waals surface area contributed by atoms with Gasteiger partial charge in [-0.05, 0) is 50.4 Å². The fourth-order valence-corrected chi connectivity index (χ4v) is 7.78. The number of hydrogen-bond acceptors (Lipinski definition) is 12. The number of anilines is 3. The summed E-state index contributed by atoms with van der Waals surface area (Å²) in [6.45, 7) is 2.21. The van der Waals surface area contributed by atoms with Crippen molar-refractivity contribution in [2.45, 2.75) is 61.9 Å². The number of aromatic nitrogens is 8. The number of rotatable bonds is 7. The molecule has 2 saturated carbocycles. The van der Waals surface area contributed by atoms with Crippen LogP contribution in [0.15, 0.2) is 37.0 Å². The van der Waals surface area contributed by atoms with Crippen molar-refractivity contribution in [2.75, 3.05) is 55.8 Å². The highest BCUT2D eigenvalue weighted by Gasteiger charge is 2.55. The summed E-state index contributed by atoms with van der Waals surface area (Å²) in [7, 11) is 0. The number of aliphatic hydroxyl groups is 2. The Morgan fingerprint density at radius 2 is 1.25 bits per heavy atom. The molecule has 51 heavy (non-hydrogen) atoms. The molecule has 0 aromatic carbocycles. The van der Waals surface area contributed by atoms with Gasteiger partial charge in [0, 0.05) is 38.1 Å². The zero-order valence-corrected chi connectivity index (χ0v) is 28.9. The van der Waals surface area contributed by atoms with Crippen molar-refractivity contribution in [3.63, 3.8) is 0 Å². The third kappa shape index (κ3) is 6.62. The predicted octanol–water partition coefficient (Wildman–Crippen LogP) is 3.34. The number of halogens is 3. The van der Waals surface area contributed by atoms with Crippen LogP contribution >= 0.6 is 11.6 Å². The molecule has 0 unspecified atom stereocenters. The Bertz CT molecular complexity index is 1970. The summed E-state index contributed by atoms with van der Waals surface area (Å²) in [5.74, 6) is 1.89. The molecule has 0 bridgehead atoms. The molecule has 10 rings (SSSR count). The van der Waals surface area contributed by atoms with Crippen LogP contribution in [0.2, 0.25) is 5.15 Å². The quantitative estimate of drug-likeness (QED) is 0.138. The monoisotopic (exact) mass is 724 g/mol. The lowest BCUT2D eigenvalue weighted by atomic mass is 9.91. The molecule has 0 amide bonds. The Kier molecular flexibility index (Phi) is 8.83. The SMILES string of the molecule is FC1(C2CC2)CNC1.Nc1nc(Cl)c2ncn([C@H]3C=C[C@@H](CO)C3)c2n1.Nc1nc(N2CC(F)(C3CC3)C2)c2ncn([C@H]3C=C[C@@H](CO)C3)c2n1. The maximum Gasteiger partial charge on any atom is 0.224 e. The number of fused-ring (bicyclic) bond motifs is 2. The molecule has 4 atom stereocenters. The van der Waals surface area contributed by atoms with E-state index in [-0.39, 0.29) is 60.1 Å². The van der Waals surface area contributed by atoms with Crippen molar-refractivity contribution < 1.29 is 19.0 Å². The molecule has 272 valence electrons. The van der Waals surface area contributed by atoms with Crippen molar-refractivity contribution in [1.29, 1.82) is 0 Å². The highest BCUT2D eigenvalue weighted by molar-refractivity contribution is 6.33. The molecule has 2 saturated heterocycles. The summed E-state index contributed by atoms with van der Waals surface area (Å²) in [5, 5.41) is 21.7. The van der Waals surface area contributed by atoms with Gasteiger partial charge in [0.25, 0.3) is 0 Å². The zero-order valence-electron chi connectivity index (χ0n) is 28.1. The van der Waals surface area contributed by atoms with Crippen molar-refractivity contribution in [3.05, 3.63) is 42.1 Å². The molecule has 0 spiro atoms. The summed E-state index contributed by atoms with van der Waals surface area (Å²) in [4.78, 5) is 27.4. The molecule has 7 N–H and O–H groups in total. The Morgan fingerprint density at radius 1 is 0.745 bits per heavy atom. The first-order valence-electron chi connectivity index (χ1n) is 17.6. The summed E-state index contributed by atoms with van der Waals surface area (Å²) >= 11 is 5.97. The van der Waals surface area contributed by atoms with E-state index in [4.69, 9.17) is 28.2 Å². The van der Waals surface area contributed by atoms with Crippen LogP contribution in [-0.2, 0) is 0 Å². The largest absolute Gasteiger partial charge is 0.396 e. The first kappa shape index (κ1) is 34.1. The van der Waals surface area contributed by atoms with Gasteiger partial charge in [-0.3, -0.25) is 0 Å². The number of alkyl halides is 2. The number of allylic oxidation sites excluding steroid dienone is 2. The van der Waals surface area contributed by atoms with Gasteiger partial charge in [0.05, 0.1) is 37.8 Å². The number of nitrogens with one attached hydrogen (secondary N) is 1. The lowest BCUT2D eigenvalue weighted by Gasteiger charge is -2.45. The van der Waals surface area contributed by atoms with Crippen molar-refractivity contribution in [2.24, 2.45) is 23.7 Å². The number of nitrogens with two attached hydrogens (primary N) is 2. The Labute approximate surface area is 298 Å². The zero-order chi connectivity index (χ0) is 35.5. The van der Waals surface area contributed by atoms with E-state index in [1.54, 1.807) is 12.7 Å². The molecule has 17 heteroatoms. The summed E-state index contributed by atoms with van der Waals surface area (Å²) in [6.07, 6.45) is 17.4. The fourth-order valence-electron chi connectivity index (χ4n) is 7.56. The van der Waals surface area contributed by atoms with E-state index < -0.39 is 11.3 Å². The number of imidazole rings is 2. The molecule has 4 fully saturated rings. The second kappa shape index (κ2) is 13.2. The Balaban J connectivity index is 0.000000124. The van der Waals surface area contributed by atoms with E-state index in [0.29, 0.717) is 60.2 Å². The molecular formula is C34H43ClF2N12O2. The average molecular weight is 725 g/mol. The van der Waals surface area contributed by atoms with Crippen LogP contribution in [0, 0.1) is 23.7 Å².